The van der Waals surface area contributed by atoms with Gasteiger partial charge in [0.25, 0.3) is 5.69 Å². The molecule has 0 amide bonds. The molecule has 1 heterocycles. The smallest absolute Gasteiger partial charge is 0.306 e. The molecule has 0 radical (unpaired) electrons. The number of hydrogen-bond donors (Lipinski definition) is 0. The molecular weight excluding hydrogens is 274 g/mol. The van der Waals surface area contributed by atoms with Crippen molar-refractivity contribution in [1.29, 1.82) is 0 Å². The van der Waals surface area contributed by atoms with E-state index in [1.807, 2.05) is 11.8 Å². The van der Waals surface area contributed by atoms with E-state index >= 15 is 0 Å². The Hall–Kier alpha value is -2.02. The normalized spacial score (nSPS) is 10.7. The number of nitrogens with zero attached hydrogens (tertiary/aromatic N) is 3. The summed E-state index contributed by atoms with van der Waals surface area (Å²) in [4.78, 5) is 28.2. The standard InChI is InChI=1S/C14H21N3O4/c1-5-16(7-6-13(18)21-4)9-12-11(3)14(17(19)20)10(2)8-15-12/h8H,5-7,9H2,1-4H3. The van der Waals surface area contributed by atoms with Gasteiger partial charge in [-0.25, -0.2) is 0 Å². The Labute approximate surface area is 124 Å². The molecule has 0 atom stereocenters. The Morgan fingerprint density at radius 2 is 2.14 bits per heavy atom. The molecule has 1 aromatic heterocycles. The van der Waals surface area contributed by atoms with Crippen LogP contribution in [0.1, 0.15) is 30.2 Å². The van der Waals surface area contributed by atoms with Gasteiger partial charge in [0, 0.05) is 30.4 Å². The number of nitro groups is 1. The van der Waals surface area contributed by atoms with Crippen LogP contribution in [0.3, 0.4) is 0 Å². The summed E-state index contributed by atoms with van der Waals surface area (Å²) >= 11 is 0. The zero-order chi connectivity index (χ0) is 16.0. The van der Waals surface area contributed by atoms with E-state index in [2.05, 4.69) is 9.72 Å². The topological polar surface area (TPSA) is 85.6 Å². The van der Waals surface area contributed by atoms with Crippen LogP contribution >= 0.6 is 0 Å². The fraction of sp³-hybridized carbons (Fsp3) is 0.571. The van der Waals surface area contributed by atoms with Gasteiger partial charge in [0.2, 0.25) is 0 Å². The first-order valence-electron chi connectivity index (χ1n) is 6.79. The summed E-state index contributed by atoms with van der Waals surface area (Å²) in [6.07, 6.45) is 1.81. The minimum Gasteiger partial charge on any atom is -0.469 e. The van der Waals surface area contributed by atoms with Crippen LogP contribution in [0, 0.1) is 24.0 Å². The molecule has 1 aromatic rings. The van der Waals surface area contributed by atoms with Gasteiger partial charge >= 0.3 is 5.97 Å². The first kappa shape index (κ1) is 17.0. The molecule has 116 valence electrons. The Morgan fingerprint density at radius 1 is 1.48 bits per heavy atom. The van der Waals surface area contributed by atoms with E-state index in [1.54, 1.807) is 13.8 Å². The monoisotopic (exact) mass is 295 g/mol. The molecule has 0 aromatic carbocycles. The molecule has 0 aliphatic heterocycles. The van der Waals surface area contributed by atoms with E-state index in [-0.39, 0.29) is 23.0 Å². The van der Waals surface area contributed by atoms with E-state index in [4.69, 9.17) is 0 Å². The predicted molar refractivity (Wildman–Crippen MR) is 77.9 cm³/mol. The number of ether oxygens (including phenoxy) is 1. The van der Waals surface area contributed by atoms with Crippen molar-refractivity contribution in [2.45, 2.75) is 33.7 Å². The second kappa shape index (κ2) is 7.68. The maximum Gasteiger partial charge on any atom is 0.306 e. The van der Waals surface area contributed by atoms with Crippen LogP contribution in [0.2, 0.25) is 0 Å². The Morgan fingerprint density at radius 3 is 2.67 bits per heavy atom. The molecular formula is C14H21N3O4. The lowest BCUT2D eigenvalue weighted by Gasteiger charge is -2.20. The molecule has 0 unspecified atom stereocenters. The van der Waals surface area contributed by atoms with Crippen LogP contribution in [0.5, 0.6) is 0 Å². The highest BCUT2D eigenvalue weighted by Gasteiger charge is 2.20. The lowest BCUT2D eigenvalue weighted by Crippen LogP contribution is -2.27. The Bertz CT molecular complexity index is 531. The molecule has 1 rings (SSSR count). The molecule has 7 nitrogen and oxygen atoms in total. The lowest BCUT2D eigenvalue weighted by atomic mass is 10.1. The summed E-state index contributed by atoms with van der Waals surface area (Å²) in [6, 6.07) is 0. The Balaban J connectivity index is 2.88. The minimum atomic E-state index is -0.374. The highest BCUT2D eigenvalue weighted by molar-refractivity contribution is 5.69. The lowest BCUT2D eigenvalue weighted by molar-refractivity contribution is -0.386. The molecule has 7 heteroatoms. The van der Waals surface area contributed by atoms with Gasteiger partial charge in [0.05, 0.1) is 24.1 Å². The third-order valence-electron chi connectivity index (χ3n) is 3.44. The van der Waals surface area contributed by atoms with Gasteiger partial charge in [-0.1, -0.05) is 6.92 Å². The van der Waals surface area contributed by atoms with E-state index in [0.29, 0.717) is 29.9 Å². The van der Waals surface area contributed by atoms with Crippen molar-refractivity contribution in [1.82, 2.24) is 9.88 Å². The van der Waals surface area contributed by atoms with Crippen molar-refractivity contribution < 1.29 is 14.5 Å². The number of carbonyl (C=O) groups is 1. The average molecular weight is 295 g/mol. The van der Waals surface area contributed by atoms with Crippen LogP contribution in [0.25, 0.3) is 0 Å². The molecule has 0 aliphatic rings. The quantitative estimate of drug-likeness (QED) is 0.434. The van der Waals surface area contributed by atoms with Gasteiger partial charge < -0.3 is 4.74 Å². The second-order valence-corrected chi connectivity index (χ2v) is 4.81. The van der Waals surface area contributed by atoms with Gasteiger partial charge in [-0.05, 0) is 20.4 Å². The summed E-state index contributed by atoms with van der Waals surface area (Å²) < 4.78 is 4.61. The minimum absolute atomic E-state index is 0.115. The summed E-state index contributed by atoms with van der Waals surface area (Å²) in [7, 11) is 1.35. The van der Waals surface area contributed by atoms with E-state index in [0.717, 1.165) is 6.54 Å². The first-order valence-corrected chi connectivity index (χ1v) is 6.79. The van der Waals surface area contributed by atoms with Crippen molar-refractivity contribution in [2.24, 2.45) is 0 Å². The van der Waals surface area contributed by atoms with Crippen molar-refractivity contribution in [3.63, 3.8) is 0 Å². The average Bonchev–Trinajstić information content (AvgIpc) is 2.44. The second-order valence-electron chi connectivity index (χ2n) is 4.81. The third-order valence-corrected chi connectivity index (χ3v) is 3.44. The molecule has 0 N–H and O–H groups in total. The van der Waals surface area contributed by atoms with Crippen LogP contribution < -0.4 is 0 Å². The van der Waals surface area contributed by atoms with Gasteiger partial charge in [0.1, 0.15) is 0 Å². The van der Waals surface area contributed by atoms with Crippen molar-refractivity contribution in [3.05, 3.63) is 33.1 Å². The van der Waals surface area contributed by atoms with Crippen LogP contribution in [0.15, 0.2) is 6.20 Å². The van der Waals surface area contributed by atoms with E-state index < -0.39 is 0 Å². The maximum absolute atomic E-state index is 11.2. The van der Waals surface area contributed by atoms with E-state index in [9.17, 15) is 14.9 Å². The van der Waals surface area contributed by atoms with Gasteiger partial charge in [-0.3, -0.25) is 24.8 Å². The molecule has 0 spiro atoms. The molecule has 0 saturated heterocycles. The third kappa shape index (κ3) is 4.49. The predicted octanol–water partition coefficient (Wildman–Crippen LogP) is 1.99. The largest absolute Gasteiger partial charge is 0.469 e. The molecule has 0 aliphatic carbocycles. The zero-order valence-corrected chi connectivity index (χ0v) is 12.9. The highest BCUT2D eigenvalue weighted by Crippen LogP contribution is 2.24. The number of methoxy groups -OCH3 is 1. The number of rotatable bonds is 7. The number of pyridine rings is 1. The first-order chi connectivity index (χ1) is 9.90. The summed E-state index contributed by atoms with van der Waals surface area (Å²) in [5, 5.41) is 11.1. The summed E-state index contributed by atoms with van der Waals surface area (Å²) in [5.41, 5.74) is 1.92. The zero-order valence-electron chi connectivity index (χ0n) is 12.9. The van der Waals surface area contributed by atoms with Crippen molar-refractivity contribution in [2.75, 3.05) is 20.2 Å². The molecule has 0 fully saturated rings. The van der Waals surface area contributed by atoms with Crippen LogP contribution in [-0.2, 0) is 16.1 Å². The molecule has 0 bridgehead atoms. The van der Waals surface area contributed by atoms with Gasteiger partial charge in [-0.15, -0.1) is 0 Å². The fourth-order valence-corrected chi connectivity index (χ4v) is 2.12. The van der Waals surface area contributed by atoms with Gasteiger partial charge in [0.15, 0.2) is 0 Å². The van der Waals surface area contributed by atoms with Crippen LogP contribution in [0.4, 0.5) is 5.69 Å². The number of aryl methyl sites for hydroxylation is 1. The number of esters is 1. The van der Waals surface area contributed by atoms with Crippen molar-refractivity contribution in [3.8, 4) is 0 Å². The van der Waals surface area contributed by atoms with E-state index in [1.165, 1.54) is 13.3 Å². The van der Waals surface area contributed by atoms with Crippen molar-refractivity contribution >= 4 is 11.7 Å². The summed E-state index contributed by atoms with van der Waals surface area (Å²) in [5.74, 6) is -0.270. The fourth-order valence-electron chi connectivity index (χ4n) is 2.12. The number of carbonyl (C=O) groups excluding carboxylic acids is 1. The Kier molecular flexibility index (Phi) is 6.23. The number of aromatic nitrogens is 1. The SMILES string of the molecule is CCN(CCC(=O)OC)Cc1ncc(C)c([N+](=O)[O-])c1C. The molecule has 0 saturated carbocycles. The highest BCUT2D eigenvalue weighted by atomic mass is 16.6. The number of hydrogen-bond acceptors (Lipinski definition) is 6. The van der Waals surface area contributed by atoms with Gasteiger partial charge in [-0.2, -0.15) is 0 Å². The molecule has 21 heavy (non-hydrogen) atoms. The summed E-state index contributed by atoms with van der Waals surface area (Å²) in [6.45, 7) is 7.08. The maximum atomic E-state index is 11.2. The van der Waals surface area contributed by atoms with Crippen LogP contribution in [-0.4, -0.2) is 41.0 Å².